The van der Waals surface area contributed by atoms with Crippen molar-refractivity contribution < 1.29 is 22.3 Å². The number of hydrogen-bond donors (Lipinski definition) is 1. The molecule has 0 radical (unpaired) electrons. The molecule has 1 aliphatic heterocycles. The molecule has 2 saturated carbocycles. The summed E-state index contributed by atoms with van der Waals surface area (Å²) in [4.78, 5) is 7.81. The molecule has 0 amide bonds. The van der Waals surface area contributed by atoms with Gasteiger partial charge in [0.1, 0.15) is 0 Å². The molecule has 3 unspecified atom stereocenters. The third-order valence-corrected chi connectivity index (χ3v) is 12.0. The van der Waals surface area contributed by atoms with E-state index in [2.05, 4.69) is 29.3 Å². The Morgan fingerprint density at radius 1 is 0.865 bits per heavy atom. The topological polar surface area (TPSA) is 37.4 Å². The molecule has 2 heterocycles. The van der Waals surface area contributed by atoms with Gasteiger partial charge in [-0.1, -0.05) is 68.7 Å². The maximum Gasteiger partial charge on any atom is 0.416 e. The van der Waals surface area contributed by atoms with Gasteiger partial charge >= 0.3 is 6.18 Å². The van der Waals surface area contributed by atoms with Crippen LogP contribution in [0, 0.1) is 17.7 Å². The van der Waals surface area contributed by atoms with Gasteiger partial charge in [-0.05, 0) is 125 Å². The zero-order valence-electron chi connectivity index (χ0n) is 30.9. The first kappa shape index (κ1) is 36.9. The Morgan fingerprint density at radius 3 is 2.35 bits per heavy atom. The predicted octanol–water partition coefficient (Wildman–Crippen LogP) is 11.2. The van der Waals surface area contributed by atoms with Crippen molar-refractivity contribution in [3.63, 3.8) is 0 Å². The SMILES string of the molecule is CC(C)Oc1cc2nc(-c3cccc(C(F)(F)F)c3)c(CC(C)C3CCCC(N4CCCCC4)CC3)c(CNC3(c4ccccc4)CC3)c2cc1F. The monoisotopic (exact) mass is 715 g/mol. The van der Waals surface area contributed by atoms with Gasteiger partial charge < -0.3 is 15.0 Å². The molecule has 278 valence electrons. The zero-order valence-corrected chi connectivity index (χ0v) is 30.9. The van der Waals surface area contributed by atoms with E-state index in [9.17, 15) is 13.2 Å². The minimum Gasteiger partial charge on any atom is -0.488 e. The smallest absolute Gasteiger partial charge is 0.416 e. The van der Waals surface area contributed by atoms with E-state index < -0.39 is 17.6 Å². The molecule has 1 saturated heterocycles. The van der Waals surface area contributed by atoms with Crippen LogP contribution in [0.15, 0.2) is 66.7 Å². The minimum absolute atomic E-state index is 0.0923. The summed E-state index contributed by atoms with van der Waals surface area (Å²) >= 11 is 0. The van der Waals surface area contributed by atoms with Crippen molar-refractivity contribution in [1.29, 1.82) is 0 Å². The molecular weight excluding hydrogens is 662 g/mol. The average molecular weight is 716 g/mol. The van der Waals surface area contributed by atoms with Gasteiger partial charge in [0.25, 0.3) is 0 Å². The van der Waals surface area contributed by atoms with Gasteiger partial charge in [0.2, 0.25) is 0 Å². The molecule has 52 heavy (non-hydrogen) atoms. The van der Waals surface area contributed by atoms with E-state index in [1.165, 1.54) is 75.4 Å². The molecule has 3 aromatic carbocycles. The second-order valence-electron chi connectivity index (χ2n) is 16.0. The van der Waals surface area contributed by atoms with Crippen LogP contribution in [-0.2, 0) is 24.7 Å². The van der Waals surface area contributed by atoms with E-state index in [1.54, 1.807) is 12.1 Å². The number of benzene rings is 3. The summed E-state index contributed by atoms with van der Waals surface area (Å²) in [6.07, 6.45) is 7.64. The summed E-state index contributed by atoms with van der Waals surface area (Å²) in [5.41, 5.74) is 3.59. The number of ether oxygens (including phenoxy) is 1. The van der Waals surface area contributed by atoms with Crippen molar-refractivity contribution in [3.05, 3.63) is 94.8 Å². The third kappa shape index (κ3) is 8.18. The number of likely N-dealkylation sites (tertiary alicyclic amines) is 1. The van der Waals surface area contributed by atoms with Crippen LogP contribution in [0.1, 0.15) is 107 Å². The van der Waals surface area contributed by atoms with Crippen molar-refractivity contribution in [2.75, 3.05) is 13.1 Å². The zero-order chi connectivity index (χ0) is 36.5. The van der Waals surface area contributed by atoms with Crippen LogP contribution < -0.4 is 10.1 Å². The molecule has 0 spiro atoms. The number of piperidine rings is 1. The summed E-state index contributed by atoms with van der Waals surface area (Å²) in [5, 5.41) is 4.53. The van der Waals surface area contributed by atoms with Gasteiger partial charge in [0.05, 0.1) is 22.9 Å². The molecule has 1 aromatic heterocycles. The Balaban J connectivity index is 1.31. The maximum atomic E-state index is 15.8. The lowest BCUT2D eigenvalue weighted by Crippen LogP contribution is -2.38. The number of alkyl halides is 3. The predicted molar refractivity (Wildman–Crippen MR) is 201 cm³/mol. The van der Waals surface area contributed by atoms with Gasteiger partial charge in [-0.25, -0.2) is 9.37 Å². The Bertz CT molecular complexity index is 1830. The van der Waals surface area contributed by atoms with Gasteiger partial charge in [-0.3, -0.25) is 0 Å². The summed E-state index contributed by atoms with van der Waals surface area (Å²) in [5.74, 6) is 0.375. The number of aromatic nitrogens is 1. The molecule has 3 fully saturated rings. The largest absolute Gasteiger partial charge is 0.488 e. The molecular formula is C44H53F4N3O. The minimum atomic E-state index is -4.49. The number of fused-ring (bicyclic) bond motifs is 1. The van der Waals surface area contributed by atoms with Crippen molar-refractivity contribution in [2.24, 2.45) is 11.8 Å². The summed E-state index contributed by atoms with van der Waals surface area (Å²) < 4.78 is 64.0. The van der Waals surface area contributed by atoms with Crippen LogP contribution in [0.2, 0.25) is 0 Å². The van der Waals surface area contributed by atoms with Crippen LogP contribution in [-0.4, -0.2) is 35.1 Å². The van der Waals surface area contributed by atoms with Crippen molar-refractivity contribution in [2.45, 2.75) is 122 Å². The molecule has 4 aromatic rings. The first-order valence-corrected chi connectivity index (χ1v) is 19.5. The van der Waals surface area contributed by atoms with E-state index in [-0.39, 0.29) is 23.3 Å². The lowest BCUT2D eigenvalue weighted by Gasteiger charge is -2.34. The Hall–Kier alpha value is -3.49. The van der Waals surface area contributed by atoms with Crippen molar-refractivity contribution >= 4 is 10.9 Å². The molecule has 0 bridgehead atoms. The summed E-state index contributed by atoms with van der Waals surface area (Å²) in [7, 11) is 0. The number of halogens is 4. The lowest BCUT2D eigenvalue weighted by molar-refractivity contribution is -0.137. The van der Waals surface area contributed by atoms with Gasteiger partial charge in [0, 0.05) is 35.1 Å². The molecule has 2 aliphatic carbocycles. The highest BCUT2D eigenvalue weighted by atomic mass is 19.4. The van der Waals surface area contributed by atoms with Crippen LogP contribution in [0.25, 0.3) is 22.2 Å². The standard InChI is InChI=1S/C44H53F4N3O/c1-29(2)52-41-27-40-36(26-39(41)45)38(28-49-43(20-21-43)33-14-6-4-7-15-33)37(42(50-40)32-13-10-16-34(25-32)44(46,47)48)24-30(3)31-12-11-17-35(19-18-31)51-22-8-5-9-23-51/h4,6-7,10,13-16,25-27,29-31,35,49H,5,8-9,11-12,17-24,28H2,1-3H3. The number of rotatable bonds is 11. The molecule has 4 nitrogen and oxygen atoms in total. The van der Waals surface area contributed by atoms with Gasteiger partial charge in [-0.15, -0.1) is 0 Å². The highest BCUT2D eigenvalue weighted by molar-refractivity contribution is 5.88. The fourth-order valence-electron chi connectivity index (χ4n) is 8.94. The number of hydrogen-bond acceptors (Lipinski definition) is 4. The second kappa shape index (κ2) is 15.5. The van der Waals surface area contributed by atoms with Crippen LogP contribution in [0.3, 0.4) is 0 Å². The summed E-state index contributed by atoms with van der Waals surface area (Å²) in [6.45, 7) is 8.82. The molecule has 1 N–H and O–H groups in total. The van der Waals surface area contributed by atoms with Crippen LogP contribution in [0.4, 0.5) is 17.6 Å². The number of nitrogens with one attached hydrogen (secondary N) is 1. The van der Waals surface area contributed by atoms with Crippen LogP contribution >= 0.6 is 0 Å². The van der Waals surface area contributed by atoms with Crippen molar-refractivity contribution in [3.8, 4) is 17.0 Å². The third-order valence-electron chi connectivity index (χ3n) is 12.0. The Morgan fingerprint density at radius 2 is 1.63 bits per heavy atom. The highest BCUT2D eigenvalue weighted by Crippen LogP contribution is 2.47. The van der Waals surface area contributed by atoms with E-state index >= 15 is 4.39 Å². The average Bonchev–Trinajstić information content (AvgIpc) is 3.96. The molecule has 8 heteroatoms. The lowest BCUT2D eigenvalue weighted by atomic mass is 9.81. The van der Waals surface area contributed by atoms with E-state index in [1.807, 2.05) is 32.0 Å². The Labute approximate surface area is 306 Å². The maximum absolute atomic E-state index is 15.8. The first-order valence-electron chi connectivity index (χ1n) is 19.5. The van der Waals surface area contributed by atoms with Gasteiger partial charge in [0.15, 0.2) is 11.6 Å². The number of pyridine rings is 1. The summed E-state index contributed by atoms with van der Waals surface area (Å²) in [6, 6.07) is 19.7. The Kier molecular flexibility index (Phi) is 11.0. The molecule has 7 rings (SSSR count). The fraction of sp³-hybridized carbons (Fsp3) is 0.523. The van der Waals surface area contributed by atoms with E-state index in [0.717, 1.165) is 42.9 Å². The van der Waals surface area contributed by atoms with E-state index in [4.69, 9.17) is 9.72 Å². The quantitative estimate of drug-likeness (QED) is 0.124. The molecule has 3 aliphatic rings. The number of nitrogens with zero attached hydrogens (tertiary/aromatic N) is 2. The van der Waals surface area contributed by atoms with Crippen molar-refractivity contribution in [1.82, 2.24) is 15.2 Å². The normalized spacial score (nSPS) is 21.6. The van der Waals surface area contributed by atoms with Crippen LogP contribution in [0.5, 0.6) is 5.75 Å². The highest BCUT2D eigenvalue weighted by Gasteiger charge is 2.44. The second-order valence-corrected chi connectivity index (χ2v) is 16.0. The first-order chi connectivity index (χ1) is 25.0. The fourth-order valence-corrected chi connectivity index (χ4v) is 8.94. The van der Waals surface area contributed by atoms with E-state index in [0.29, 0.717) is 47.1 Å². The molecule has 3 atom stereocenters. The van der Waals surface area contributed by atoms with Gasteiger partial charge in [-0.2, -0.15) is 13.2 Å².